The third-order valence-corrected chi connectivity index (χ3v) is 2.31. The lowest BCUT2D eigenvalue weighted by Crippen LogP contribution is -2.27. The second-order valence-electron chi connectivity index (χ2n) is 3.58. The van der Waals surface area contributed by atoms with Gasteiger partial charge in [0, 0.05) is 0 Å². The molecule has 0 unspecified atom stereocenters. The molecule has 0 saturated carbocycles. The van der Waals surface area contributed by atoms with Crippen molar-refractivity contribution in [3.63, 3.8) is 0 Å². The van der Waals surface area contributed by atoms with Crippen molar-refractivity contribution in [3.05, 3.63) is 35.6 Å². The average molecular weight is 236 g/mol. The number of rotatable bonds is 3. The van der Waals surface area contributed by atoms with E-state index in [2.05, 4.69) is 5.10 Å². The number of carboxylic acids is 1. The summed E-state index contributed by atoms with van der Waals surface area (Å²) in [5.74, 6) is -1.87. The molecule has 1 N–H and O–H groups in total. The molecule has 0 aromatic heterocycles. The van der Waals surface area contributed by atoms with Crippen LogP contribution in [0, 0.1) is 5.82 Å². The summed E-state index contributed by atoms with van der Waals surface area (Å²) in [5, 5.41) is 13.4. The fraction of sp³-hybridized carbons (Fsp3) is 0.182. The van der Waals surface area contributed by atoms with Crippen LogP contribution in [0.4, 0.5) is 4.39 Å². The van der Waals surface area contributed by atoms with Gasteiger partial charge < -0.3 is 5.11 Å². The summed E-state index contributed by atoms with van der Waals surface area (Å²) in [6.07, 6.45) is 0.0406. The van der Waals surface area contributed by atoms with Gasteiger partial charge in [0.15, 0.2) is 0 Å². The van der Waals surface area contributed by atoms with Crippen molar-refractivity contribution < 1.29 is 19.1 Å². The van der Waals surface area contributed by atoms with Gasteiger partial charge in [-0.1, -0.05) is 12.1 Å². The number of hydrogen-bond donors (Lipinski definition) is 1. The summed E-state index contributed by atoms with van der Waals surface area (Å²) < 4.78 is 12.7. The zero-order valence-electron chi connectivity index (χ0n) is 8.76. The molecular weight excluding hydrogens is 227 g/mol. The molecular formula is C11H9FN2O3. The summed E-state index contributed by atoms with van der Waals surface area (Å²) >= 11 is 0. The summed E-state index contributed by atoms with van der Waals surface area (Å²) in [6, 6.07) is 5.54. The highest BCUT2D eigenvalue weighted by Gasteiger charge is 2.26. The Morgan fingerprint density at radius 3 is 2.65 bits per heavy atom. The highest BCUT2D eigenvalue weighted by atomic mass is 19.1. The van der Waals surface area contributed by atoms with Crippen molar-refractivity contribution in [2.24, 2.45) is 5.10 Å². The van der Waals surface area contributed by atoms with Crippen LogP contribution in [-0.4, -0.2) is 34.2 Å². The van der Waals surface area contributed by atoms with Crippen LogP contribution in [0.25, 0.3) is 0 Å². The van der Waals surface area contributed by atoms with Crippen LogP contribution >= 0.6 is 0 Å². The van der Waals surface area contributed by atoms with Gasteiger partial charge in [-0.05, 0) is 17.7 Å². The van der Waals surface area contributed by atoms with Gasteiger partial charge in [0.05, 0.1) is 12.1 Å². The minimum Gasteiger partial charge on any atom is -0.480 e. The highest BCUT2D eigenvalue weighted by Crippen LogP contribution is 2.15. The predicted octanol–water partition coefficient (Wildman–Crippen LogP) is 0.847. The first-order chi connectivity index (χ1) is 8.06. The Morgan fingerprint density at radius 1 is 1.41 bits per heavy atom. The molecule has 1 heterocycles. The first kappa shape index (κ1) is 11.3. The van der Waals surface area contributed by atoms with Crippen LogP contribution < -0.4 is 0 Å². The molecule has 6 heteroatoms. The quantitative estimate of drug-likeness (QED) is 0.845. The van der Waals surface area contributed by atoms with Gasteiger partial charge >= 0.3 is 5.97 Å². The number of amides is 1. The molecule has 0 fully saturated rings. The van der Waals surface area contributed by atoms with Gasteiger partial charge in [-0.3, -0.25) is 9.59 Å². The number of halogens is 1. The van der Waals surface area contributed by atoms with Crippen LogP contribution in [0.2, 0.25) is 0 Å². The molecule has 1 aliphatic rings. The largest absolute Gasteiger partial charge is 0.480 e. The SMILES string of the molecule is O=C(O)CN1N=C(c2ccc(F)cc2)CC1=O. The number of carbonyl (C=O) groups is 2. The normalized spacial score (nSPS) is 15.0. The van der Waals surface area contributed by atoms with E-state index >= 15 is 0 Å². The maximum atomic E-state index is 12.7. The molecule has 0 saturated heterocycles. The molecule has 0 aliphatic carbocycles. The molecule has 1 aliphatic heterocycles. The smallest absolute Gasteiger partial charge is 0.325 e. The fourth-order valence-corrected chi connectivity index (χ4v) is 1.53. The third kappa shape index (κ3) is 2.47. The van der Waals surface area contributed by atoms with Crippen molar-refractivity contribution >= 4 is 17.6 Å². The highest BCUT2D eigenvalue weighted by molar-refractivity contribution is 6.13. The summed E-state index contributed by atoms with van der Waals surface area (Å²) in [4.78, 5) is 21.9. The first-order valence-electron chi connectivity index (χ1n) is 4.92. The van der Waals surface area contributed by atoms with E-state index in [1.54, 1.807) is 0 Å². The van der Waals surface area contributed by atoms with Crippen molar-refractivity contribution in [2.45, 2.75) is 6.42 Å². The zero-order chi connectivity index (χ0) is 12.4. The molecule has 0 bridgehead atoms. The topological polar surface area (TPSA) is 70.0 Å². The van der Waals surface area contributed by atoms with Gasteiger partial charge in [0.25, 0.3) is 0 Å². The number of carbonyl (C=O) groups excluding carboxylic acids is 1. The molecule has 1 aromatic carbocycles. The van der Waals surface area contributed by atoms with Gasteiger partial charge in [-0.2, -0.15) is 5.10 Å². The first-order valence-corrected chi connectivity index (χ1v) is 4.92. The number of benzene rings is 1. The van der Waals surface area contributed by atoms with Crippen LogP contribution in [-0.2, 0) is 9.59 Å². The second kappa shape index (κ2) is 4.32. The molecule has 1 amide bonds. The van der Waals surface area contributed by atoms with E-state index < -0.39 is 12.5 Å². The van der Waals surface area contributed by atoms with Crippen LogP contribution in [0.1, 0.15) is 12.0 Å². The molecule has 0 atom stereocenters. The zero-order valence-corrected chi connectivity index (χ0v) is 8.76. The molecule has 0 spiro atoms. The Kier molecular flexibility index (Phi) is 2.86. The number of hydrazone groups is 1. The monoisotopic (exact) mass is 236 g/mol. The summed E-state index contributed by atoms with van der Waals surface area (Å²) in [7, 11) is 0. The minimum absolute atomic E-state index is 0.0406. The van der Waals surface area contributed by atoms with Crippen LogP contribution in [0.5, 0.6) is 0 Å². The van der Waals surface area contributed by atoms with E-state index in [1.165, 1.54) is 24.3 Å². The Morgan fingerprint density at radius 2 is 2.06 bits per heavy atom. The van der Waals surface area contributed by atoms with E-state index in [-0.39, 0.29) is 18.1 Å². The molecule has 2 rings (SSSR count). The average Bonchev–Trinajstić information content (AvgIpc) is 2.60. The Balaban J connectivity index is 2.20. The lowest BCUT2D eigenvalue weighted by molar-refractivity contribution is -0.143. The Hall–Kier alpha value is -2.24. The van der Waals surface area contributed by atoms with Crippen molar-refractivity contribution in [1.29, 1.82) is 0 Å². The number of nitrogens with zero attached hydrogens (tertiary/aromatic N) is 2. The second-order valence-corrected chi connectivity index (χ2v) is 3.58. The van der Waals surface area contributed by atoms with E-state index in [1.807, 2.05) is 0 Å². The van der Waals surface area contributed by atoms with Gasteiger partial charge in [0.2, 0.25) is 5.91 Å². The Labute approximate surface area is 96.2 Å². The lowest BCUT2D eigenvalue weighted by atomic mass is 10.1. The molecule has 5 nitrogen and oxygen atoms in total. The standard InChI is InChI=1S/C11H9FN2O3/c12-8-3-1-7(2-4-8)9-5-10(15)14(13-9)6-11(16)17/h1-4H,5-6H2,(H,16,17). The minimum atomic E-state index is -1.12. The summed E-state index contributed by atoms with van der Waals surface area (Å²) in [6.45, 7) is -0.455. The van der Waals surface area contributed by atoms with Crippen molar-refractivity contribution in [2.75, 3.05) is 6.54 Å². The molecule has 1 aromatic rings. The fourth-order valence-electron chi connectivity index (χ4n) is 1.53. The van der Waals surface area contributed by atoms with Gasteiger partial charge in [-0.15, -0.1) is 0 Å². The van der Waals surface area contributed by atoms with Gasteiger partial charge in [0.1, 0.15) is 12.4 Å². The van der Waals surface area contributed by atoms with E-state index in [0.29, 0.717) is 11.3 Å². The van der Waals surface area contributed by atoms with E-state index in [4.69, 9.17) is 5.11 Å². The Bertz CT molecular complexity index is 496. The predicted molar refractivity (Wildman–Crippen MR) is 56.9 cm³/mol. The van der Waals surface area contributed by atoms with Crippen LogP contribution in [0.15, 0.2) is 29.4 Å². The molecule has 17 heavy (non-hydrogen) atoms. The maximum absolute atomic E-state index is 12.7. The molecule has 0 radical (unpaired) electrons. The number of hydrogen-bond acceptors (Lipinski definition) is 3. The lowest BCUT2D eigenvalue weighted by Gasteiger charge is -2.06. The molecule has 88 valence electrons. The summed E-state index contributed by atoms with van der Waals surface area (Å²) in [5.41, 5.74) is 1.07. The maximum Gasteiger partial charge on any atom is 0.325 e. The number of carboxylic acid groups (broad SMARTS) is 1. The number of aliphatic carboxylic acids is 1. The third-order valence-electron chi connectivity index (χ3n) is 2.31. The van der Waals surface area contributed by atoms with E-state index in [0.717, 1.165) is 5.01 Å². The van der Waals surface area contributed by atoms with Crippen molar-refractivity contribution in [3.8, 4) is 0 Å². The van der Waals surface area contributed by atoms with Gasteiger partial charge in [-0.25, -0.2) is 9.40 Å². The van der Waals surface area contributed by atoms with Crippen molar-refractivity contribution in [1.82, 2.24) is 5.01 Å². The van der Waals surface area contributed by atoms with E-state index in [9.17, 15) is 14.0 Å². The van der Waals surface area contributed by atoms with Crippen LogP contribution in [0.3, 0.4) is 0 Å².